The Morgan fingerprint density at radius 2 is 1.86 bits per heavy atom. The molecule has 1 aromatic carbocycles. The van der Waals surface area contributed by atoms with Crippen LogP contribution in [0.25, 0.3) is 0 Å². The summed E-state index contributed by atoms with van der Waals surface area (Å²) in [6, 6.07) is 5.71. The quantitative estimate of drug-likeness (QED) is 0.115. The molecule has 5 unspecified atom stereocenters. The molecule has 37 heavy (non-hydrogen) atoms. The van der Waals surface area contributed by atoms with E-state index >= 15 is 0 Å². The SMILES string of the molecule is CSC1O[C@H]([C@H](NC(O)C2CC[C@H](CCCNCc3ccc(F)cc3)CCN2)[C@H](C)Cl)C(O)C(O)[C@H]1O. The zero-order chi connectivity index (χ0) is 26.9. The number of hydrogen-bond donors (Lipinski definition) is 7. The van der Waals surface area contributed by atoms with Crippen molar-refractivity contribution in [3.05, 3.63) is 35.6 Å². The van der Waals surface area contributed by atoms with E-state index in [0.717, 1.165) is 57.3 Å². The van der Waals surface area contributed by atoms with Crippen molar-refractivity contribution in [2.24, 2.45) is 5.92 Å². The molecule has 7 N–H and O–H groups in total. The Bertz CT molecular complexity index is 796. The number of hydrogen-bond acceptors (Lipinski definition) is 9. The highest BCUT2D eigenvalue weighted by Crippen LogP contribution is 2.30. The largest absolute Gasteiger partial charge is 0.388 e. The third-order valence-corrected chi connectivity index (χ3v) is 8.61. The van der Waals surface area contributed by atoms with E-state index in [1.165, 1.54) is 23.9 Å². The van der Waals surface area contributed by atoms with Crippen LogP contribution in [0.2, 0.25) is 0 Å². The van der Waals surface area contributed by atoms with Gasteiger partial charge in [-0.3, -0.25) is 5.32 Å². The van der Waals surface area contributed by atoms with E-state index in [2.05, 4.69) is 16.0 Å². The number of ether oxygens (including phenoxy) is 1. The van der Waals surface area contributed by atoms with Gasteiger partial charge in [-0.05, 0) is 82.0 Å². The lowest BCUT2D eigenvalue weighted by atomic mass is 9.92. The number of halogens is 2. The molecule has 0 radical (unpaired) electrons. The summed E-state index contributed by atoms with van der Waals surface area (Å²) in [6.07, 6.45) is 0.960. The summed E-state index contributed by atoms with van der Waals surface area (Å²) < 4.78 is 18.9. The Hall–Kier alpha value is -0.530. The first kappa shape index (κ1) is 31.0. The second-order valence-electron chi connectivity index (χ2n) is 10.2. The third kappa shape index (κ3) is 8.99. The molecule has 0 saturated carbocycles. The average molecular weight is 564 g/mol. The second-order valence-corrected chi connectivity index (χ2v) is 11.9. The summed E-state index contributed by atoms with van der Waals surface area (Å²) in [4.78, 5) is 0. The first-order valence-electron chi connectivity index (χ1n) is 13.2. The predicted octanol–water partition coefficient (Wildman–Crippen LogP) is 1.53. The fourth-order valence-corrected chi connectivity index (χ4v) is 6.11. The predicted molar refractivity (Wildman–Crippen MR) is 145 cm³/mol. The van der Waals surface area contributed by atoms with Crippen LogP contribution in [0.15, 0.2) is 24.3 Å². The van der Waals surface area contributed by atoms with E-state index in [0.29, 0.717) is 5.92 Å². The van der Waals surface area contributed by atoms with E-state index in [-0.39, 0.29) is 11.9 Å². The van der Waals surface area contributed by atoms with Crippen LogP contribution in [0.1, 0.15) is 44.6 Å². The van der Waals surface area contributed by atoms with Crippen molar-refractivity contribution in [3.8, 4) is 0 Å². The van der Waals surface area contributed by atoms with Crippen molar-refractivity contribution in [2.45, 2.75) is 99.1 Å². The lowest BCUT2D eigenvalue weighted by Gasteiger charge is -2.44. The zero-order valence-corrected chi connectivity index (χ0v) is 23.2. The van der Waals surface area contributed by atoms with E-state index in [9.17, 15) is 24.8 Å². The van der Waals surface area contributed by atoms with Gasteiger partial charge in [0.2, 0.25) is 0 Å². The summed E-state index contributed by atoms with van der Waals surface area (Å²) in [7, 11) is 0. The molecule has 0 spiro atoms. The van der Waals surface area contributed by atoms with E-state index in [1.54, 1.807) is 25.3 Å². The molecule has 2 saturated heterocycles. The average Bonchev–Trinajstić information content (AvgIpc) is 3.13. The lowest BCUT2D eigenvalue weighted by Crippen LogP contribution is -2.66. The number of alkyl halides is 1. The number of thioether (sulfide) groups is 1. The summed E-state index contributed by atoms with van der Waals surface area (Å²) in [5.74, 6) is 0.336. The monoisotopic (exact) mass is 563 g/mol. The van der Waals surface area contributed by atoms with Gasteiger partial charge in [0.05, 0.1) is 6.04 Å². The van der Waals surface area contributed by atoms with Gasteiger partial charge in [0, 0.05) is 18.0 Å². The van der Waals surface area contributed by atoms with E-state index in [1.807, 2.05) is 0 Å². The maximum absolute atomic E-state index is 13.0. The number of nitrogens with one attached hydrogen (secondary N) is 3. The van der Waals surface area contributed by atoms with Gasteiger partial charge < -0.3 is 35.8 Å². The minimum atomic E-state index is -1.37. The Kier molecular flexibility index (Phi) is 12.8. The van der Waals surface area contributed by atoms with E-state index in [4.69, 9.17) is 16.3 Å². The summed E-state index contributed by atoms with van der Waals surface area (Å²) in [5.41, 5.74) is 0.358. The van der Waals surface area contributed by atoms with Crippen molar-refractivity contribution >= 4 is 23.4 Å². The van der Waals surface area contributed by atoms with Gasteiger partial charge in [0.25, 0.3) is 0 Å². The fraction of sp³-hybridized carbons (Fsp3) is 0.769. The van der Waals surface area contributed by atoms with Crippen molar-refractivity contribution in [2.75, 3.05) is 19.3 Å². The highest BCUT2D eigenvalue weighted by molar-refractivity contribution is 7.99. The number of aliphatic hydroxyl groups is 4. The summed E-state index contributed by atoms with van der Waals surface area (Å²) in [5, 5.41) is 51.5. The highest BCUT2D eigenvalue weighted by atomic mass is 35.5. The highest BCUT2D eigenvalue weighted by Gasteiger charge is 2.48. The minimum absolute atomic E-state index is 0.188. The molecule has 3 rings (SSSR count). The van der Waals surface area contributed by atoms with Crippen molar-refractivity contribution in [1.82, 2.24) is 16.0 Å². The number of benzene rings is 1. The van der Waals surface area contributed by atoms with Gasteiger partial charge in [-0.25, -0.2) is 4.39 Å². The van der Waals surface area contributed by atoms with Crippen molar-refractivity contribution in [1.29, 1.82) is 0 Å². The third-order valence-electron chi connectivity index (χ3n) is 7.49. The van der Waals surface area contributed by atoms with Crippen LogP contribution in [-0.2, 0) is 11.3 Å². The smallest absolute Gasteiger partial charge is 0.132 e. The molecule has 0 aliphatic carbocycles. The molecule has 0 amide bonds. The Morgan fingerprint density at radius 3 is 2.54 bits per heavy atom. The van der Waals surface area contributed by atoms with Gasteiger partial charge in [-0.2, -0.15) is 0 Å². The molecule has 0 bridgehead atoms. The standard InChI is InChI=1S/C26H43ClFN3O5S/c1-15(27)20(24-22(33)21(32)23(34)26(36-24)37-2)31-25(35)19-10-7-16(11-13-30-19)4-3-12-29-14-17-5-8-18(28)9-6-17/h5-6,8-9,15-16,19-26,29-35H,3-4,7,10-14H2,1-2H3/t15-,16-,19?,20+,21?,22?,23+,24+,25?,26?/m0/s1. The first-order chi connectivity index (χ1) is 17.7. The van der Waals surface area contributed by atoms with Gasteiger partial charge in [0.15, 0.2) is 0 Å². The molecular weight excluding hydrogens is 521 g/mol. The molecule has 8 nitrogen and oxygen atoms in total. The molecule has 11 heteroatoms. The van der Waals surface area contributed by atoms with E-state index < -0.39 is 47.5 Å². The van der Waals surface area contributed by atoms with Gasteiger partial charge >= 0.3 is 0 Å². The molecule has 2 fully saturated rings. The minimum Gasteiger partial charge on any atom is -0.388 e. The maximum atomic E-state index is 13.0. The van der Waals surface area contributed by atoms with Crippen LogP contribution in [0.3, 0.4) is 0 Å². The fourth-order valence-electron chi connectivity index (χ4n) is 5.21. The molecule has 212 valence electrons. The second kappa shape index (κ2) is 15.3. The molecule has 2 aliphatic heterocycles. The normalized spacial score (nSPS) is 33.5. The topological polar surface area (TPSA) is 126 Å². The molecule has 2 aliphatic rings. The van der Waals surface area contributed by atoms with Crippen molar-refractivity contribution in [3.63, 3.8) is 0 Å². The maximum Gasteiger partial charge on any atom is 0.132 e. The number of aliphatic hydroxyl groups excluding tert-OH is 4. The molecule has 0 aromatic heterocycles. The molecular formula is C26H43ClFN3O5S. The van der Waals surface area contributed by atoms with Crippen LogP contribution in [0.5, 0.6) is 0 Å². The summed E-state index contributed by atoms with van der Waals surface area (Å²) >= 11 is 7.67. The lowest BCUT2D eigenvalue weighted by molar-refractivity contribution is -0.207. The van der Waals surface area contributed by atoms with Crippen LogP contribution >= 0.6 is 23.4 Å². The van der Waals surface area contributed by atoms with Crippen LogP contribution in [0.4, 0.5) is 4.39 Å². The van der Waals surface area contributed by atoms with Crippen LogP contribution < -0.4 is 16.0 Å². The molecule has 2 heterocycles. The van der Waals surface area contributed by atoms with Crippen LogP contribution in [0, 0.1) is 11.7 Å². The Balaban J connectivity index is 1.44. The van der Waals surface area contributed by atoms with Gasteiger partial charge in [-0.15, -0.1) is 23.4 Å². The zero-order valence-electron chi connectivity index (χ0n) is 21.6. The summed E-state index contributed by atoms with van der Waals surface area (Å²) in [6.45, 7) is 4.15. The number of rotatable bonds is 12. The van der Waals surface area contributed by atoms with Gasteiger partial charge in [-0.1, -0.05) is 12.1 Å². The molecule has 1 aromatic rings. The Morgan fingerprint density at radius 1 is 1.14 bits per heavy atom. The molecule has 10 atom stereocenters. The van der Waals surface area contributed by atoms with Gasteiger partial charge in [0.1, 0.15) is 41.9 Å². The van der Waals surface area contributed by atoms with Crippen molar-refractivity contribution < 1.29 is 29.6 Å². The Labute approximate surface area is 228 Å². The van der Waals surface area contributed by atoms with Crippen LogP contribution in [-0.4, -0.2) is 93.3 Å². The first-order valence-corrected chi connectivity index (χ1v) is 14.9.